The summed E-state index contributed by atoms with van der Waals surface area (Å²) >= 11 is 0. The molecule has 0 aromatic heterocycles. The van der Waals surface area contributed by atoms with E-state index in [0.717, 1.165) is 32.1 Å². The summed E-state index contributed by atoms with van der Waals surface area (Å²) in [7, 11) is 0. The Bertz CT molecular complexity index is 651. The van der Waals surface area contributed by atoms with Crippen molar-refractivity contribution in [2.45, 2.75) is 75.9 Å². The third-order valence-corrected chi connectivity index (χ3v) is 7.38. The summed E-state index contributed by atoms with van der Waals surface area (Å²) in [5, 5.41) is 10.9. The van der Waals surface area contributed by atoms with Crippen LogP contribution in [-0.2, 0) is 10.2 Å². The molecule has 0 atom stereocenters. The van der Waals surface area contributed by atoms with Gasteiger partial charge < -0.3 is 9.84 Å². The van der Waals surface area contributed by atoms with Gasteiger partial charge in [-0.3, -0.25) is 4.90 Å². The van der Waals surface area contributed by atoms with Crippen LogP contribution >= 0.6 is 0 Å². The molecule has 1 aromatic rings. The average Bonchev–Trinajstić information content (AvgIpc) is 2.62. The predicted octanol–water partition coefficient (Wildman–Crippen LogP) is 4.54. The van der Waals surface area contributed by atoms with Crippen molar-refractivity contribution in [1.82, 2.24) is 4.90 Å². The molecule has 1 aromatic carbocycles. The molecule has 4 rings (SSSR count). The van der Waals surface area contributed by atoms with Gasteiger partial charge in [-0.2, -0.15) is 0 Å². The summed E-state index contributed by atoms with van der Waals surface area (Å²) in [5.41, 5.74) is 3.18. The van der Waals surface area contributed by atoms with Crippen molar-refractivity contribution in [2.24, 2.45) is 0 Å². The van der Waals surface area contributed by atoms with Crippen molar-refractivity contribution in [2.75, 3.05) is 26.3 Å². The lowest BCUT2D eigenvalue weighted by Gasteiger charge is -2.46. The molecule has 1 N–H and O–H groups in total. The quantitative estimate of drug-likeness (QED) is 0.846. The highest BCUT2D eigenvalue weighted by molar-refractivity contribution is 5.54. The second kappa shape index (κ2) is 7.69. The summed E-state index contributed by atoms with van der Waals surface area (Å²) in [6.07, 6.45) is 10.8. The molecule has 0 radical (unpaired) electrons. The number of likely N-dealkylation sites (tertiary alicyclic amines) is 1. The Kier molecular flexibility index (Phi) is 5.46. The zero-order valence-corrected chi connectivity index (χ0v) is 17.0. The van der Waals surface area contributed by atoms with E-state index in [1.165, 1.54) is 56.3 Å². The smallest absolute Gasteiger partial charge is 0.0689 e. The summed E-state index contributed by atoms with van der Waals surface area (Å²) < 4.78 is 5.58. The molecule has 1 saturated carbocycles. The first-order valence-corrected chi connectivity index (χ1v) is 10.8. The molecule has 0 spiro atoms. The molecule has 0 unspecified atom stereocenters. The third kappa shape index (κ3) is 3.87. The number of ether oxygens (including phenoxy) is 1. The van der Waals surface area contributed by atoms with Gasteiger partial charge in [0.2, 0.25) is 0 Å². The van der Waals surface area contributed by atoms with Gasteiger partial charge in [0.1, 0.15) is 0 Å². The van der Waals surface area contributed by atoms with Crippen molar-refractivity contribution in [3.05, 3.63) is 41.0 Å². The van der Waals surface area contributed by atoms with Gasteiger partial charge in [-0.15, -0.1) is 0 Å². The molecule has 3 aliphatic rings. The minimum absolute atomic E-state index is 0.203. The third-order valence-electron chi connectivity index (χ3n) is 7.38. The number of hydrogen-bond donors (Lipinski definition) is 1. The van der Waals surface area contributed by atoms with Crippen LogP contribution in [0.15, 0.2) is 29.8 Å². The number of rotatable bonds is 4. The van der Waals surface area contributed by atoms with Gasteiger partial charge in [0.05, 0.1) is 5.60 Å². The molecule has 148 valence electrons. The van der Waals surface area contributed by atoms with E-state index in [4.69, 9.17) is 4.74 Å². The van der Waals surface area contributed by atoms with Crippen LogP contribution in [0.1, 0.15) is 69.9 Å². The predicted molar refractivity (Wildman–Crippen MR) is 111 cm³/mol. The maximum Gasteiger partial charge on any atom is 0.0689 e. The van der Waals surface area contributed by atoms with E-state index in [0.29, 0.717) is 0 Å². The van der Waals surface area contributed by atoms with Crippen molar-refractivity contribution >= 4 is 6.08 Å². The second-order valence-corrected chi connectivity index (χ2v) is 9.30. The van der Waals surface area contributed by atoms with Gasteiger partial charge >= 0.3 is 0 Å². The van der Waals surface area contributed by atoms with Crippen LogP contribution in [0.4, 0.5) is 0 Å². The Morgan fingerprint density at radius 3 is 2.22 bits per heavy atom. The van der Waals surface area contributed by atoms with E-state index in [1.807, 2.05) is 13.8 Å². The van der Waals surface area contributed by atoms with Gasteiger partial charge in [0, 0.05) is 37.8 Å². The van der Waals surface area contributed by atoms with Gasteiger partial charge in [-0.25, -0.2) is 0 Å². The molecule has 3 nitrogen and oxygen atoms in total. The summed E-state index contributed by atoms with van der Waals surface area (Å²) in [6.45, 7) is 7.82. The zero-order chi connectivity index (χ0) is 18.9. The number of aliphatic hydroxyl groups is 1. The lowest BCUT2D eigenvalue weighted by atomic mass is 9.64. The molecule has 2 aliphatic heterocycles. The Balaban J connectivity index is 1.45. The molecule has 0 bridgehead atoms. The maximum atomic E-state index is 10.9. The topological polar surface area (TPSA) is 32.7 Å². The SMILES string of the molecule is CC(C)(O)C1(c2ccc(C=C3CCN(C4CCC4)CC3)cc2)CCOCC1. The zero-order valence-electron chi connectivity index (χ0n) is 17.0. The van der Waals surface area contributed by atoms with Crippen LogP contribution in [0.25, 0.3) is 6.08 Å². The van der Waals surface area contributed by atoms with Crippen molar-refractivity contribution in [3.63, 3.8) is 0 Å². The molecule has 0 amide bonds. The van der Waals surface area contributed by atoms with Crippen LogP contribution in [0.5, 0.6) is 0 Å². The van der Waals surface area contributed by atoms with E-state index in [1.54, 1.807) is 5.57 Å². The van der Waals surface area contributed by atoms with Crippen LogP contribution in [0.3, 0.4) is 0 Å². The highest BCUT2D eigenvalue weighted by Crippen LogP contribution is 2.43. The number of piperidine rings is 1. The van der Waals surface area contributed by atoms with Gasteiger partial charge in [0.25, 0.3) is 0 Å². The molecule has 27 heavy (non-hydrogen) atoms. The highest BCUT2D eigenvalue weighted by atomic mass is 16.5. The number of benzene rings is 1. The van der Waals surface area contributed by atoms with Gasteiger partial charge in [-0.05, 0) is 63.5 Å². The van der Waals surface area contributed by atoms with Gasteiger partial charge in [0.15, 0.2) is 0 Å². The van der Waals surface area contributed by atoms with Crippen molar-refractivity contribution in [3.8, 4) is 0 Å². The number of hydrogen-bond acceptors (Lipinski definition) is 3. The van der Waals surface area contributed by atoms with Crippen LogP contribution in [0.2, 0.25) is 0 Å². The lowest BCUT2D eigenvalue weighted by Crippen LogP contribution is -2.50. The first-order valence-electron chi connectivity index (χ1n) is 10.8. The minimum Gasteiger partial charge on any atom is -0.390 e. The molecule has 3 fully saturated rings. The van der Waals surface area contributed by atoms with Crippen LogP contribution in [0, 0.1) is 0 Å². The molecular formula is C24H35NO2. The Hall–Kier alpha value is -1.16. The molecule has 1 aliphatic carbocycles. The summed E-state index contributed by atoms with van der Waals surface area (Å²) in [5.74, 6) is 0. The van der Waals surface area contributed by atoms with E-state index in [2.05, 4.69) is 35.2 Å². The van der Waals surface area contributed by atoms with E-state index in [9.17, 15) is 5.11 Å². The second-order valence-electron chi connectivity index (χ2n) is 9.30. The normalized spacial score (nSPS) is 24.5. The molecule has 2 heterocycles. The minimum atomic E-state index is -0.745. The van der Waals surface area contributed by atoms with Crippen LogP contribution in [-0.4, -0.2) is 48.0 Å². The fourth-order valence-electron chi connectivity index (χ4n) is 5.18. The van der Waals surface area contributed by atoms with Crippen LogP contribution < -0.4 is 0 Å². The fourth-order valence-corrected chi connectivity index (χ4v) is 5.18. The van der Waals surface area contributed by atoms with E-state index in [-0.39, 0.29) is 5.41 Å². The Morgan fingerprint density at radius 2 is 1.70 bits per heavy atom. The van der Waals surface area contributed by atoms with Crippen molar-refractivity contribution in [1.29, 1.82) is 0 Å². The van der Waals surface area contributed by atoms with Gasteiger partial charge in [-0.1, -0.05) is 42.3 Å². The first kappa shape index (κ1) is 19.2. The van der Waals surface area contributed by atoms with Crippen molar-refractivity contribution < 1.29 is 9.84 Å². The molecular weight excluding hydrogens is 334 g/mol. The summed E-state index contributed by atoms with van der Waals surface area (Å²) in [4.78, 5) is 2.70. The monoisotopic (exact) mass is 369 g/mol. The largest absolute Gasteiger partial charge is 0.390 e. The van der Waals surface area contributed by atoms with E-state index < -0.39 is 5.60 Å². The highest BCUT2D eigenvalue weighted by Gasteiger charge is 2.46. The van der Waals surface area contributed by atoms with E-state index >= 15 is 0 Å². The maximum absolute atomic E-state index is 10.9. The molecule has 3 heteroatoms. The first-order chi connectivity index (χ1) is 13.0. The molecule has 2 saturated heterocycles. The number of nitrogens with zero attached hydrogens (tertiary/aromatic N) is 1. The Morgan fingerprint density at radius 1 is 1.07 bits per heavy atom. The summed E-state index contributed by atoms with van der Waals surface area (Å²) in [6, 6.07) is 9.83. The lowest BCUT2D eigenvalue weighted by molar-refractivity contribution is -0.0662. The Labute approximate surface area is 164 Å². The fraction of sp³-hybridized carbons (Fsp3) is 0.667. The average molecular weight is 370 g/mol. The standard InChI is InChI=1S/C24H35NO2/c1-23(2,26)24(12-16-27-17-13-24)21-8-6-19(7-9-21)18-20-10-14-25(15-11-20)22-4-3-5-22/h6-9,18,22,26H,3-5,10-17H2,1-2H3.